The Kier molecular flexibility index (Phi) is 3.67. The Morgan fingerprint density at radius 1 is 1.35 bits per heavy atom. The van der Waals surface area contributed by atoms with Gasteiger partial charge >= 0.3 is 6.09 Å². The van der Waals surface area contributed by atoms with Gasteiger partial charge in [0.15, 0.2) is 5.82 Å². The topological polar surface area (TPSA) is 117 Å². The molecule has 0 radical (unpaired) electrons. The van der Waals surface area contributed by atoms with E-state index in [9.17, 15) is 9.59 Å². The van der Waals surface area contributed by atoms with Gasteiger partial charge in [-0.15, -0.1) is 5.10 Å². The third-order valence-corrected chi connectivity index (χ3v) is 3.29. The van der Waals surface area contributed by atoms with Crippen molar-refractivity contribution in [1.82, 2.24) is 19.6 Å². The molecule has 0 spiro atoms. The number of methoxy groups -OCH3 is 1. The summed E-state index contributed by atoms with van der Waals surface area (Å²) in [5.41, 5.74) is 7.22. The molecule has 2 aromatic heterocycles. The molecule has 0 aliphatic rings. The summed E-state index contributed by atoms with van der Waals surface area (Å²) in [4.78, 5) is 23.5. The number of carbonyl (C=O) groups excluding carboxylic acids is 2. The largest absolute Gasteiger partial charge is 0.453 e. The SMILES string of the molecule is COC(=O)Nc1cn(CC(=O)n2ccc3c(N)cccc32)nn1. The van der Waals surface area contributed by atoms with Crippen molar-refractivity contribution in [2.75, 3.05) is 18.2 Å². The number of anilines is 2. The molecule has 9 nitrogen and oxygen atoms in total. The lowest BCUT2D eigenvalue weighted by Crippen LogP contribution is -2.17. The lowest BCUT2D eigenvalue weighted by atomic mass is 10.2. The van der Waals surface area contributed by atoms with Crippen LogP contribution in [0.5, 0.6) is 0 Å². The molecule has 1 amide bonds. The number of amides is 1. The summed E-state index contributed by atoms with van der Waals surface area (Å²) in [5, 5.41) is 10.7. The zero-order chi connectivity index (χ0) is 16.4. The zero-order valence-corrected chi connectivity index (χ0v) is 12.3. The van der Waals surface area contributed by atoms with Gasteiger partial charge in [0.2, 0.25) is 0 Å². The van der Waals surface area contributed by atoms with Crippen LogP contribution in [0.2, 0.25) is 0 Å². The van der Waals surface area contributed by atoms with Gasteiger partial charge < -0.3 is 10.5 Å². The number of nitrogens with two attached hydrogens (primary N) is 1. The number of nitrogens with zero attached hydrogens (tertiary/aromatic N) is 4. The molecule has 118 valence electrons. The molecular weight excluding hydrogens is 300 g/mol. The van der Waals surface area contributed by atoms with Gasteiger partial charge in [0, 0.05) is 17.3 Å². The van der Waals surface area contributed by atoms with Crippen LogP contribution in [0, 0.1) is 0 Å². The minimum Gasteiger partial charge on any atom is -0.453 e. The number of benzene rings is 1. The van der Waals surface area contributed by atoms with Gasteiger partial charge in [0.05, 0.1) is 18.8 Å². The van der Waals surface area contributed by atoms with Crippen LogP contribution in [0.25, 0.3) is 10.9 Å². The molecule has 3 N–H and O–H groups in total. The van der Waals surface area contributed by atoms with Crippen molar-refractivity contribution in [3.05, 3.63) is 36.7 Å². The summed E-state index contributed by atoms with van der Waals surface area (Å²) in [6.07, 6.45) is 2.44. The molecule has 23 heavy (non-hydrogen) atoms. The smallest absolute Gasteiger partial charge is 0.412 e. The van der Waals surface area contributed by atoms with E-state index in [1.54, 1.807) is 24.4 Å². The van der Waals surface area contributed by atoms with Gasteiger partial charge in [-0.3, -0.25) is 14.7 Å². The Morgan fingerprint density at radius 3 is 2.96 bits per heavy atom. The summed E-state index contributed by atoms with van der Waals surface area (Å²) < 4.78 is 7.28. The van der Waals surface area contributed by atoms with Crippen LogP contribution in [-0.4, -0.2) is 38.7 Å². The van der Waals surface area contributed by atoms with Gasteiger partial charge in [-0.2, -0.15) is 0 Å². The van der Waals surface area contributed by atoms with E-state index in [4.69, 9.17) is 5.73 Å². The molecule has 0 aliphatic carbocycles. The van der Waals surface area contributed by atoms with Crippen molar-refractivity contribution in [2.45, 2.75) is 6.54 Å². The summed E-state index contributed by atoms with van der Waals surface area (Å²) in [5.74, 6) is -0.00798. The number of carbonyl (C=O) groups is 2. The monoisotopic (exact) mass is 314 g/mol. The highest BCUT2D eigenvalue weighted by Crippen LogP contribution is 2.21. The predicted molar refractivity (Wildman–Crippen MR) is 83.0 cm³/mol. The number of nitrogens with one attached hydrogen (secondary N) is 1. The van der Waals surface area contributed by atoms with E-state index < -0.39 is 6.09 Å². The van der Waals surface area contributed by atoms with E-state index in [1.165, 1.54) is 22.6 Å². The highest BCUT2D eigenvalue weighted by Gasteiger charge is 2.13. The van der Waals surface area contributed by atoms with Crippen LogP contribution in [0.15, 0.2) is 36.7 Å². The standard InChI is InChI=1S/C14H14N6O3/c1-23-14(22)16-12-7-19(18-17-12)8-13(21)20-6-5-9-10(15)3-2-4-11(9)20/h2-7H,8,15H2,1H3,(H,16,22). The second-order valence-electron chi connectivity index (χ2n) is 4.78. The number of rotatable bonds is 3. The first-order valence-corrected chi connectivity index (χ1v) is 6.72. The average molecular weight is 314 g/mol. The molecule has 0 aliphatic heterocycles. The second kappa shape index (κ2) is 5.79. The minimum absolute atomic E-state index is 0.0333. The zero-order valence-electron chi connectivity index (χ0n) is 12.3. The van der Waals surface area contributed by atoms with Gasteiger partial charge in [-0.25, -0.2) is 9.48 Å². The number of fused-ring (bicyclic) bond motifs is 1. The first kappa shape index (κ1) is 14.6. The van der Waals surface area contributed by atoms with Gasteiger partial charge in [0.1, 0.15) is 6.54 Å². The van der Waals surface area contributed by atoms with Crippen molar-refractivity contribution in [2.24, 2.45) is 0 Å². The van der Waals surface area contributed by atoms with Gasteiger partial charge in [-0.05, 0) is 18.2 Å². The maximum Gasteiger partial charge on any atom is 0.412 e. The molecule has 0 unspecified atom stereocenters. The molecule has 0 saturated heterocycles. The maximum atomic E-state index is 12.4. The Morgan fingerprint density at radius 2 is 2.17 bits per heavy atom. The lowest BCUT2D eigenvalue weighted by Gasteiger charge is -2.04. The van der Waals surface area contributed by atoms with Gasteiger partial charge in [-0.1, -0.05) is 11.3 Å². The Labute approximate surface area is 130 Å². The van der Waals surface area contributed by atoms with Crippen molar-refractivity contribution < 1.29 is 14.3 Å². The molecule has 2 heterocycles. The van der Waals surface area contributed by atoms with E-state index in [0.717, 1.165) is 10.9 Å². The highest BCUT2D eigenvalue weighted by molar-refractivity contribution is 5.97. The van der Waals surface area contributed by atoms with Crippen molar-refractivity contribution >= 4 is 34.4 Å². The summed E-state index contributed by atoms with van der Waals surface area (Å²) in [6, 6.07) is 7.16. The second-order valence-corrected chi connectivity index (χ2v) is 4.78. The molecule has 3 rings (SSSR count). The normalized spacial score (nSPS) is 10.7. The molecule has 1 aromatic carbocycles. The number of ether oxygens (including phenoxy) is 1. The molecule has 0 atom stereocenters. The van der Waals surface area contributed by atoms with Crippen LogP contribution in [0.3, 0.4) is 0 Å². The third-order valence-electron chi connectivity index (χ3n) is 3.29. The molecule has 0 bridgehead atoms. The maximum absolute atomic E-state index is 12.4. The molecule has 3 aromatic rings. The fourth-order valence-electron chi connectivity index (χ4n) is 2.21. The van der Waals surface area contributed by atoms with Crippen LogP contribution >= 0.6 is 0 Å². The van der Waals surface area contributed by atoms with Crippen LogP contribution in [0.1, 0.15) is 4.79 Å². The Balaban J connectivity index is 1.78. The summed E-state index contributed by atoms with van der Waals surface area (Å²) in [7, 11) is 1.24. The Bertz CT molecular complexity index is 882. The van der Waals surface area contributed by atoms with Crippen molar-refractivity contribution in [3.63, 3.8) is 0 Å². The molecular formula is C14H14N6O3. The predicted octanol–water partition coefficient (Wildman–Crippen LogP) is 1.33. The quantitative estimate of drug-likeness (QED) is 0.704. The number of aromatic nitrogens is 4. The highest BCUT2D eigenvalue weighted by atomic mass is 16.5. The molecule has 0 fully saturated rings. The van der Waals surface area contributed by atoms with Gasteiger partial charge in [0.25, 0.3) is 5.91 Å². The van der Waals surface area contributed by atoms with E-state index in [2.05, 4.69) is 20.4 Å². The number of nitrogen functional groups attached to an aromatic ring is 1. The van der Waals surface area contributed by atoms with E-state index in [0.29, 0.717) is 5.69 Å². The number of hydrogen-bond donors (Lipinski definition) is 2. The third kappa shape index (κ3) is 2.84. The van der Waals surface area contributed by atoms with Crippen LogP contribution < -0.4 is 11.1 Å². The molecule has 0 saturated carbocycles. The minimum atomic E-state index is -0.657. The lowest BCUT2D eigenvalue weighted by molar-refractivity contribution is 0.0891. The summed E-state index contributed by atoms with van der Waals surface area (Å²) in [6.45, 7) is -0.0333. The average Bonchev–Trinajstić information content (AvgIpc) is 3.14. The van der Waals surface area contributed by atoms with Crippen molar-refractivity contribution in [1.29, 1.82) is 0 Å². The van der Waals surface area contributed by atoms with E-state index in [-0.39, 0.29) is 18.3 Å². The Hall–Kier alpha value is -3.36. The van der Waals surface area contributed by atoms with Crippen LogP contribution in [-0.2, 0) is 11.3 Å². The first-order valence-electron chi connectivity index (χ1n) is 6.72. The molecule has 9 heteroatoms. The van der Waals surface area contributed by atoms with Crippen molar-refractivity contribution in [3.8, 4) is 0 Å². The fraction of sp³-hybridized carbons (Fsp3) is 0.143. The first-order chi connectivity index (χ1) is 11.1. The van der Waals surface area contributed by atoms with E-state index in [1.807, 2.05) is 6.07 Å². The summed E-state index contributed by atoms with van der Waals surface area (Å²) >= 11 is 0. The number of hydrogen-bond acceptors (Lipinski definition) is 6. The fourth-order valence-corrected chi connectivity index (χ4v) is 2.21. The van der Waals surface area contributed by atoms with E-state index >= 15 is 0 Å². The van der Waals surface area contributed by atoms with Crippen LogP contribution in [0.4, 0.5) is 16.3 Å².